The predicted molar refractivity (Wildman–Crippen MR) is 102 cm³/mol. The summed E-state index contributed by atoms with van der Waals surface area (Å²) < 4.78 is 0. The minimum absolute atomic E-state index is 0.0835. The van der Waals surface area contributed by atoms with Gasteiger partial charge in [-0.15, -0.1) is 0 Å². The van der Waals surface area contributed by atoms with Crippen LogP contribution in [0.5, 0.6) is 0 Å². The summed E-state index contributed by atoms with van der Waals surface area (Å²) in [6.45, 7) is 9.29. The molecule has 3 rings (SSSR count). The molecule has 0 saturated carbocycles. The van der Waals surface area contributed by atoms with Crippen LogP contribution in [0, 0.1) is 19.8 Å². The number of hydrogen-bond donors (Lipinski definition) is 1. The molecule has 2 aromatic rings. The molecule has 0 aromatic carbocycles. The van der Waals surface area contributed by atoms with E-state index in [1.807, 2.05) is 19.2 Å². The zero-order valence-corrected chi connectivity index (χ0v) is 15.7. The van der Waals surface area contributed by atoms with Gasteiger partial charge >= 0.3 is 0 Å². The summed E-state index contributed by atoms with van der Waals surface area (Å²) in [6.07, 6.45) is 6.79. The van der Waals surface area contributed by atoms with Crippen LogP contribution in [0.1, 0.15) is 50.8 Å². The fourth-order valence-electron chi connectivity index (χ4n) is 3.44. The first kappa shape index (κ1) is 17.6. The van der Waals surface area contributed by atoms with Crippen molar-refractivity contribution < 1.29 is 0 Å². The van der Waals surface area contributed by atoms with E-state index in [4.69, 9.17) is 0 Å². The van der Waals surface area contributed by atoms with E-state index in [0.29, 0.717) is 17.4 Å². The highest BCUT2D eigenvalue weighted by Crippen LogP contribution is 2.28. The fraction of sp³-hybridized carbons (Fsp3) is 0.550. The molecular formula is C20H28N4O. The van der Waals surface area contributed by atoms with Crippen molar-refractivity contribution >= 4 is 5.82 Å². The Balaban J connectivity index is 1.79. The van der Waals surface area contributed by atoms with Crippen molar-refractivity contribution in [1.29, 1.82) is 0 Å². The van der Waals surface area contributed by atoms with Crippen molar-refractivity contribution in [2.45, 2.75) is 59.4 Å². The maximum atomic E-state index is 12.0. The molecule has 0 bridgehead atoms. The molecule has 1 fully saturated rings. The van der Waals surface area contributed by atoms with E-state index in [-0.39, 0.29) is 5.56 Å². The van der Waals surface area contributed by atoms with Crippen molar-refractivity contribution in [3.63, 3.8) is 0 Å². The summed E-state index contributed by atoms with van der Waals surface area (Å²) in [5.41, 5.74) is 2.19. The fourth-order valence-corrected chi connectivity index (χ4v) is 3.44. The molecule has 0 amide bonds. The monoisotopic (exact) mass is 340 g/mol. The third-order valence-electron chi connectivity index (χ3n) is 5.16. The van der Waals surface area contributed by atoms with Gasteiger partial charge in [0.25, 0.3) is 5.56 Å². The molecule has 25 heavy (non-hydrogen) atoms. The van der Waals surface area contributed by atoms with Gasteiger partial charge in [-0.05, 0) is 57.6 Å². The van der Waals surface area contributed by atoms with E-state index < -0.39 is 0 Å². The smallest absolute Gasteiger partial charge is 0.254 e. The largest absolute Gasteiger partial charge is 0.354 e. The van der Waals surface area contributed by atoms with Gasteiger partial charge in [0.1, 0.15) is 11.6 Å². The van der Waals surface area contributed by atoms with Gasteiger partial charge < -0.3 is 9.88 Å². The molecule has 1 aliphatic heterocycles. The molecular weight excluding hydrogens is 312 g/mol. The van der Waals surface area contributed by atoms with Crippen molar-refractivity contribution in [1.82, 2.24) is 15.0 Å². The summed E-state index contributed by atoms with van der Waals surface area (Å²) in [6, 6.07) is 4.66. The molecule has 1 N–H and O–H groups in total. The lowest BCUT2D eigenvalue weighted by Gasteiger charge is -2.26. The number of nitrogens with one attached hydrogen (secondary N) is 1. The Morgan fingerprint density at radius 2 is 2.12 bits per heavy atom. The molecule has 1 saturated heterocycles. The molecule has 0 radical (unpaired) electrons. The van der Waals surface area contributed by atoms with Crippen molar-refractivity contribution in [2.24, 2.45) is 5.92 Å². The first-order chi connectivity index (χ1) is 12.0. The SMILES string of the molecule is Cc1nc(-c2ccc(N3CCCC3CCC(C)C)nc2)[nH]c(=O)c1C. The van der Waals surface area contributed by atoms with E-state index >= 15 is 0 Å². The Hall–Kier alpha value is -2.17. The standard InChI is InChI=1S/C20H28N4O/c1-13(2)7-9-17-6-5-11-24(17)18-10-8-16(12-21-18)19-22-15(4)14(3)20(25)23-19/h8,10,12-13,17H,5-7,9,11H2,1-4H3,(H,22,23,25). The molecule has 3 heterocycles. The van der Waals surface area contributed by atoms with E-state index in [1.54, 1.807) is 6.92 Å². The van der Waals surface area contributed by atoms with Crippen LogP contribution in [0.3, 0.4) is 0 Å². The molecule has 1 unspecified atom stereocenters. The van der Waals surface area contributed by atoms with Crippen LogP contribution >= 0.6 is 0 Å². The number of nitrogens with zero attached hydrogens (tertiary/aromatic N) is 3. The number of anilines is 1. The Kier molecular flexibility index (Phi) is 5.21. The number of aromatic amines is 1. The Labute approximate surface area is 149 Å². The van der Waals surface area contributed by atoms with Crippen LogP contribution in [-0.4, -0.2) is 27.5 Å². The first-order valence-corrected chi connectivity index (χ1v) is 9.26. The zero-order valence-electron chi connectivity index (χ0n) is 15.7. The van der Waals surface area contributed by atoms with Gasteiger partial charge in [-0.25, -0.2) is 9.97 Å². The molecule has 134 valence electrons. The van der Waals surface area contributed by atoms with Gasteiger partial charge in [-0.3, -0.25) is 4.79 Å². The average Bonchev–Trinajstić information content (AvgIpc) is 3.06. The van der Waals surface area contributed by atoms with Crippen LogP contribution < -0.4 is 10.5 Å². The topological polar surface area (TPSA) is 61.9 Å². The summed E-state index contributed by atoms with van der Waals surface area (Å²) in [4.78, 5) is 26.4. The second-order valence-electron chi connectivity index (χ2n) is 7.49. The highest BCUT2D eigenvalue weighted by Gasteiger charge is 2.25. The van der Waals surface area contributed by atoms with E-state index in [2.05, 4.69) is 39.8 Å². The quantitative estimate of drug-likeness (QED) is 0.898. The van der Waals surface area contributed by atoms with Gasteiger partial charge in [0.15, 0.2) is 0 Å². The van der Waals surface area contributed by atoms with Crippen LogP contribution in [0.15, 0.2) is 23.1 Å². The van der Waals surface area contributed by atoms with Crippen molar-refractivity contribution in [2.75, 3.05) is 11.4 Å². The lowest BCUT2D eigenvalue weighted by Crippen LogP contribution is -2.30. The van der Waals surface area contributed by atoms with E-state index in [0.717, 1.165) is 29.5 Å². The third-order valence-corrected chi connectivity index (χ3v) is 5.16. The number of aryl methyl sites for hydroxylation is 1. The number of aromatic nitrogens is 3. The van der Waals surface area contributed by atoms with Crippen LogP contribution in [0.25, 0.3) is 11.4 Å². The maximum absolute atomic E-state index is 12.0. The Morgan fingerprint density at radius 3 is 2.76 bits per heavy atom. The molecule has 5 heteroatoms. The van der Waals surface area contributed by atoms with Crippen molar-refractivity contribution in [3.05, 3.63) is 39.9 Å². The third kappa shape index (κ3) is 3.91. The van der Waals surface area contributed by atoms with Gasteiger partial charge in [-0.2, -0.15) is 0 Å². The number of rotatable bonds is 5. The number of pyridine rings is 1. The minimum atomic E-state index is -0.0835. The lowest BCUT2D eigenvalue weighted by molar-refractivity contribution is 0.494. The van der Waals surface area contributed by atoms with Crippen molar-refractivity contribution in [3.8, 4) is 11.4 Å². The highest BCUT2D eigenvalue weighted by atomic mass is 16.1. The zero-order chi connectivity index (χ0) is 18.0. The number of H-pyrrole nitrogens is 1. The molecule has 5 nitrogen and oxygen atoms in total. The van der Waals surface area contributed by atoms with Gasteiger partial charge in [0.05, 0.1) is 0 Å². The molecule has 1 atom stereocenters. The summed E-state index contributed by atoms with van der Waals surface area (Å²) in [5.74, 6) is 2.36. The minimum Gasteiger partial charge on any atom is -0.354 e. The predicted octanol–water partition coefficient (Wildman–Crippen LogP) is 3.85. The maximum Gasteiger partial charge on any atom is 0.254 e. The highest BCUT2D eigenvalue weighted by molar-refractivity contribution is 5.57. The molecule has 1 aliphatic rings. The molecule has 2 aromatic heterocycles. The summed E-state index contributed by atoms with van der Waals surface area (Å²) in [7, 11) is 0. The van der Waals surface area contributed by atoms with Crippen LogP contribution in [0.2, 0.25) is 0 Å². The van der Waals surface area contributed by atoms with E-state index in [9.17, 15) is 4.79 Å². The normalized spacial score (nSPS) is 17.5. The van der Waals surface area contributed by atoms with Gasteiger partial charge in [0.2, 0.25) is 0 Å². The summed E-state index contributed by atoms with van der Waals surface area (Å²) >= 11 is 0. The second kappa shape index (κ2) is 7.38. The van der Waals surface area contributed by atoms with Crippen LogP contribution in [-0.2, 0) is 0 Å². The summed E-state index contributed by atoms with van der Waals surface area (Å²) in [5, 5.41) is 0. The lowest BCUT2D eigenvalue weighted by atomic mass is 10.0. The second-order valence-corrected chi connectivity index (χ2v) is 7.49. The molecule has 0 spiro atoms. The average molecular weight is 340 g/mol. The Bertz CT molecular complexity index is 779. The number of hydrogen-bond acceptors (Lipinski definition) is 4. The molecule has 0 aliphatic carbocycles. The van der Waals surface area contributed by atoms with Gasteiger partial charge in [0, 0.05) is 35.6 Å². The first-order valence-electron chi connectivity index (χ1n) is 9.26. The Morgan fingerprint density at radius 1 is 1.32 bits per heavy atom. The van der Waals surface area contributed by atoms with Gasteiger partial charge in [-0.1, -0.05) is 13.8 Å². The van der Waals surface area contributed by atoms with E-state index in [1.165, 1.54) is 25.7 Å². The van der Waals surface area contributed by atoms with Crippen LogP contribution in [0.4, 0.5) is 5.82 Å².